The molecule has 0 spiro atoms. The fourth-order valence-corrected chi connectivity index (χ4v) is 4.24. The summed E-state index contributed by atoms with van der Waals surface area (Å²) in [5.41, 5.74) is 3.14. The molecule has 1 amide bonds. The average Bonchev–Trinajstić information content (AvgIpc) is 2.75. The summed E-state index contributed by atoms with van der Waals surface area (Å²) in [6.45, 7) is 1.53. The van der Waals surface area contributed by atoms with Gasteiger partial charge in [0.2, 0.25) is 10.0 Å². The third-order valence-corrected chi connectivity index (χ3v) is 6.76. The Bertz CT molecular complexity index is 1160. The van der Waals surface area contributed by atoms with Crippen LogP contribution in [0.15, 0.2) is 77.7 Å². The summed E-state index contributed by atoms with van der Waals surface area (Å²) < 4.78 is 31.9. The van der Waals surface area contributed by atoms with Crippen molar-refractivity contribution in [3.8, 4) is 5.75 Å². The highest BCUT2D eigenvalue weighted by Gasteiger charge is 2.20. The first-order valence-corrected chi connectivity index (χ1v) is 11.3. The summed E-state index contributed by atoms with van der Waals surface area (Å²) in [5, 5.41) is 2.71. The lowest BCUT2D eigenvalue weighted by Gasteiger charge is -2.15. The van der Waals surface area contributed by atoms with Crippen molar-refractivity contribution in [2.45, 2.75) is 18.2 Å². The number of benzene rings is 3. The second-order valence-corrected chi connectivity index (χ2v) is 9.49. The lowest BCUT2D eigenvalue weighted by molar-refractivity contribution is -0.118. The Balaban J connectivity index is 1.68. The van der Waals surface area contributed by atoms with E-state index in [0.717, 1.165) is 15.4 Å². The zero-order valence-electron chi connectivity index (χ0n) is 17.8. The van der Waals surface area contributed by atoms with Crippen LogP contribution in [0.25, 0.3) is 0 Å². The van der Waals surface area contributed by atoms with Gasteiger partial charge < -0.3 is 10.1 Å². The Labute approximate surface area is 183 Å². The Kier molecular flexibility index (Phi) is 7.09. The number of hydrogen-bond donors (Lipinski definition) is 1. The molecular weight excluding hydrogens is 412 g/mol. The van der Waals surface area contributed by atoms with E-state index in [0.29, 0.717) is 23.4 Å². The molecular formula is C24H26N2O4S. The summed E-state index contributed by atoms with van der Waals surface area (Å²) in [4.78, 5) is 12.6. The number of para-hydroxylation sites is 1. The van der Waals surface area contributed by atoms with E-state index in [2.05, 4.69) is 5.32 Å². The minimum atomic E-state index is -3.61. The van der Waals surface area contributed by atoms with Crippen molar-refractivity contribution in [3.05, 3.63) is 89.5 Å². The fraction of sp³-hybridized carbons (Fsp3) is 0.208. The molecule has 3 rings (SSSR count). The maximum atomic E-state index is 12.5. The lowest BCUT2D eigenvalue weighted by atomic mass is 10.0. The highest BCUT2D eigenvalue weighted by molar-refractivity contribution is 7.89. The predicted molar refractivity (Wildman–Crippen MR) is 122 cm³/mol. The van der Waals surface area contributed by atoms with Gasteiger partial charge in [-0.25, -0.2) is 12.7 Å². The predicted octanol–water partition coefficient (Wildman–Crippen LogP) is 3.85. The number of nitrogens with one attached hydrogen (secondary N) is 1. The van der Waals surface area contributed by atoms with Gasteiger partial charge in [-0.2, -0.15) is 0 Å². The molecule has 0 saturated heterocycles. The number of nitrogens with zero attached hydrogens (tertiary/aromatic N) is 1. The van der Waals surface area contributed by atoms with Crippen LogP contribution >= 0.6 is 0 Å². The minimum absolute atomic E-state index is 0.157. The van der Waals surface area contributed by atoms with Gasteiger partial charge in [0.1, 0.15) is 5.75 Å². The van der Waals surface area contributed by atoms with Gasteiger partial charge in [-0.05, 0) is 41.8 Å². The molecule has 0 aliphatic rings. The van der Waals surface area contributed by atoms with Crippen LogP contribution in [0, 0.1) is 6.92 Å². The third kappa shape index (κ3) is 5.71. The van der Waals surface area contributed by atoms with Crippen molar-refractivity contribution < 1.29 is 17.9 Å². The van der Waals surface area contributed by atoms with Gasteiger partial charge in [-0.3, -0.25) is 4.79 Å². The van der Waals surface area contributed by atoms with Crippen LogP contribution in [-0.2, 0) is 21.2 Å². The van der Waals surface area contributed by atoms with E-state index in [1.165, 1.54) is 20.2 Å². The van der Waals surface area contributed by atoms with Crippen molar-refractivity contribution in [2.75, 3.05) is 26.0 Å². The Hall–Kier alpha value is -3.16. The number of anilines is 1. The number of ether oxygens (including phenoxy) is 1. The van der Waals surface area contributed by atoms with Gasteiger partial charge >= 0.3 is 0 Å². The van der Waals surface area contributed by atoms with Crippen LogP contribution in [0.2, 0.25) is 0 Å². The minimum Gasteiger partial charge on any atom is -0.483 e. The fourth-order valence-electron chi connectivity index (χ4n) is 3.10. The zero-order valence-corrected chi connectivity index (χ0v) is 18.6. The van der Waals surface area contributed by atoms with E-state index in [1.807, 2.05) is 54.6 Å². The SMILES string of the molecule is Cc1ccc(NC(=O)COc2ccccc2Cc2ccccc2)cc1S(=O)(=O)N(C)C. The lowest BCUT2D eigenvalue weighted by Crippen LogP contribution is -2.24. The number of amides is 1. The van der Waals surface area contributed by atoms with Crippen LogP contribution < -0.4 is 10.1 Å². The summed E-state index contributed by atoms with van der Waals surface area (Å²) in [5.74, 6) is 0.271. The number of rotatable bonds is 8. The molecule has 0 aliphatic carbocycles. The van der Waals surface area contributed by atoms with E-state index >= 15 is 0 Å². The van der Waals surface area contributed by atoms with Gasteiger partial charge in [0.05, 0.1) is 4.90 Å². The standard InChI is InChI=1S/C24H26N2O4S/c1-18-13-14-21(16-23(18)31(28,29)26(2)3)25-24(27)17-30-22-12-8-7-11-20(22)15-19-9-5-4-6-10-19/h4-14,16H,15,17H2,1-3H3,(H,25,27). The van der Waals surface area contributed by atoms with Crippen LogP contribution in [0.3, 0.4) is 0 Å². The van der Waals surface area contributed by atoms with Crippen molar-refractivity contribution in [2.24, 2.45) is 0 Å². The quantitative estimate of drug-likeness (QED) is 0.580. The molecule has 31 heavy (non-hydrogen) atoms. The summed E-state index contributed by atoms with van der Waals surface area (Å²) >= 11 is 0. The molecule has 6 nitrogen and oxygen atoms in total. The largest absolute Gasteiger partial charge is 0.483 e. The van der Waals surface area contributed by atoms with Gasteiger partial charge in [0.15, 0.2) is 6.61 Å². The molecule has 0 bridgehead atoms. The van der Waals surface area contributed by atoms with E-state index in [4.69, 9.17) is 4.74 Å². The first kappa shape index (κ1) is 22.5. The number of sulfonamides is 1. The van der Waals surface area contributed by atoms with E-state index in [9.17, 15) is 13.2 Å². The maximum absolute atomic E-state index is 12.5. The molecule has 0 atom stereocenters. The van der Waals surface area contributed by atoms with E-state index < -0.39 is 10.0 Å². The smallest absolute Gasteiger partial charge is 0.262 e. The molecule has 0 aliphatic heterocycles. The monoisotopic (exact) mass is 438 g/mol. The third-order valence-electron chi connectivity index (χ3n) is 4.80. The average molecular weight is 439 g/mol. The molecule has 3 aromatic carbocycles. The molecule has 0 radical (unpaired) electrons. The Morgan fingerprint density at radius 1 is 0.968 bits per heavy atom. The van der Waals surface area contributed by atoms with Gasteiger partial charge in [0.25, 0.3) is 5.91 Å². The molecule has 162 valence electrons. The summed E-state index contributed by atoms with van der Waals surface area (Å²) in [7, 11) is -0.660. The first-order chi connectivity index (χ1) is 14.8. The highest BCUT2D eigenvalue weighted by atomic mass is 32.2. The van der Waals surface area contributed by atoms with Crippen LogP contribution in [-0.4, -0.2) is 39.3 Å². The molecule has 1 N–H and O–H groups in total. The maximum Gasteiger partial charge on any atom is 0.262 e. The molecule has 0 saturated carbocycles. The van der Waals surface area contributed by atoms with Crippen molar-refractivity contribution >= 4 is 21.6 Å². The topological polar surface area (TPSA) is 75.7 Å². The van der Waals surface area contributed by atoms with Crippen LogP contribution in [0.4, 0.5) is 5.69 Å². The molecule has 7 heteroatoms. The molecule has 0 unspecified atom stereocenters. The first-order valence-electron chi connectivity index (χ1n) is 9.85. The second kappa shape index (κ2) is 9.76. The van der Waals surface area contributed by atoms with Gasteiger partial charge in [0, 0.05) is 26.2 Å². The van der Waals surface area contributed by atoms with Gasteiger partial charge in [-0.15, -0.1) is 0 Å². The van der Waals surface area contributed by atoms with E-state index in [-0.39, 0.29) is 17.4 Å². The number of aryl methyl sites for hydroxylation is 1. The summed E-state index contributed by atoms with van der Waals surface area (Å²) in [6, 6.07) is 22.4. The molecule has 0 aromatic heterocycles. The van der Waals surface area contributed by atoms with Crippen molar-refractivity contribution in [1.82, 2.24) is 4.31 Å². The second-order valence-electron chi connectivity index (χ2n) is 7.37. The Morgan fingerprint density at radius 3 is 2.35 bits per heavy atom. The number of carbonyl (C=O) groups is 1. The molecule has 0 fully saturated rings. The normalized spacial score (nSPS) is 11.4. The number of carbonyl (C=O) groups excluding carboxylic acids is 1. The highest BCUT2D eigenvalue weighted by Crippen LogP contribution is 2.23. The number of hydrogen-bond acceptors (Lipinski definition) is 4. The van der Waals surface area contributed by atoms with Crippen molar-refractivity contribution in [1.29, 1.82) is 0 Å². The summed E-state index contributed by atoms with van der Waals surface area (Å²) in [6.07, 6.45) is 0.697. The van der Waals surface area contributed by atoms with Crippen LogP contribution in [0.1, 0.15) is 16.7 Å². The Morgan fingerprint density at radius 2 is 1.65 bits per heavy atom. The van der Waals surface area contributed by atoms with Gasteiger partial charge in [-0.1, -0.05) is 54.6 Å². The van der Waals surface area contributed by atoms with Crippen LogP contribution in [0.5, 0.6) is 5.75 Å². The van der Waals surface area contributed by atoms with E-state index in [1.54, 1.807) is 19.1 Å². The molecule has 3 aromatic rings. The molecule has 0 heterocycles. The zero-order chi connectivity index (χ0) is 22.4. The van der Waals surface area contributed by atoms with Crippen molar-refractivity contribution in [3.63, 3.8) is 0 Å².